The van der Waals surface area contributed by atoms with Crippen LogP contribution in [0.1, 0.15) is 0 Å². The second kappa shape index (κ2) is 5.17. The number of aryl methyl sites for hydroxylation is 1. The summed E-state index contributed by atoms with van der Waals surface area (Å²) in [6.07, 6.45) is 1.66. The van der Waals surface area contributed by atoms with E-state index >= 15 is 0 Å². The average Bonchev–Trinajstić information content (AvgIpc) is 2.94. The van der Waals surface area contributed by atoms with Crippen LogP contribution in [0.5, 0.6) is 0 Å². The van der Waals surface area contributed by atoms with Gasteiger partial charge in [0.2, 0.25) is 0 Å². The van der Waals surface area contributed by atoms with Crippen LogP contribution in [0.25, 0.3) is 33.8 Å². The van der Waals surface area contributed by atoms with Crippen molar-refractivity contribution in [3.05, 3.63) is 65.1 Å². The number of aromatic amines is 1. The second-order valence-corrected chi connectivity index (χ2v) is 5.17. The Morgan fingerprint density at radius 1 is 1.04 bits per heavy atom. The van der Waals surface area contributed by atoms with Crippen LogP contribution in [0.4, 0.5) is 0 Å². The maximum absolute atomic E-state index is 12.6. The number of aromatic nitrogens is 5. The van der Waals surface area contributed by atoms with E-state index in [1.54, 1.807) is 24.0 Å². The van der Waals surface area contributed by atoms with E-state index in [4.69, 9.17) is 0 Å². The molecule has 4 aromatic rings. The second-order valence-electron chi connectivity index (χ2n) is 5.17. The molecule has 3 aromatic heterocycles. The highest BCUT2D eigenvalue weighted by atomic mass is 16.1. The quantitative estimate of drug-likeness (QED) is 0.617. The van der Waals surface area contributed by atoms with E-state index in [-0.39, 0.29) is 5.56 Å². The molecule has 0 saturated carbocycles. The molecule has 0 unspecified atom stereocenters. The van der Waals surface area contributed by atoms with Gasteiger partial charge in [-0.1, -0.05) is 36.4 Å². The number of pyridine rings is 1. The van der Waals surface area contributed by atoms with Crippen LogP contribution in [0.15, 0.2) is 59.5 Å². The smallest absolute Gasteiger partial charge is 0.263 e. The third kappa shape index (κ3) is 2.20. The fraction of sp³-hybridized carbons (Fsp3) is 0.0588. The molecule has 6 nitrogen and oxygen atoms in total. The van der Waals surface area contributed by atoms with Crippen molar-refractivity contribution < 1.29 is 0 Å². The lowest BCUT2D eigenvalue weighted by molar-refractivity contribution is 0.789. The lowest BCUT2D eigenvalue weighted by Gasteiger charge is -2.01. The molecule has 1 N–H and O–H groups in total. The van der Waals surface area contributed by atoms with Crippen molar-refractivity contribution in [2.75, 3.05) is 0 Å². The van der Waals surface area contributed by atoms with Crippen molar-refractivity contribution in [1.29, 1.82) is 0 Å². The standard InChI is InChI=1S/C17H13N5O/c1-22-16-13(14(21-22)11-7-3-2-4-8-11)17(23)20-15(19-16)12-9-5-6-10-18-12/h2-10H,1H3,(H,19,20,23). The molecular weight excluding hydrogens is 290 g/mol. The molecule has 0 aliphatic rings. The maximum atomic E-state index is 12.6. The summed E-state index contributed by atoms with van der Waals surface area (Å²) in [5.41, 5.74) is 2.45. The minimum Gasteiger partial charge on any atom is -0.304 e. The van der Waals surface area contributed by atoms with Gasteiger partial charge in [0, 0.05) is 18.8 Å². The molecule has 4 rings (SSSR count). The van der Waals surface area contributed by atoms with Crippen molar-refractivity contribution in [2.24, 2.45) is 7.05 Å². The van der Waals surface area contributed by atoms with Crippen LogP contribution in [0.3, 0.4) is 0 Å². The van der Waals surface area contributed by atoms with Crippen molar-refractivity contribution in [3.8, 4) is 22.8 Å². The van der Waals surface area contributed by atoms with Gasteiger partial charge in [0.1, 0.15) is 16.8 Å². The Balaban J connectivity index is 2.00. The number of nitrogens with zero attached hydrogens (tertiary/aromatic N) is 4. The summed E-state index contributed by atoms with van der Waals surface area (Å²) in [7, 11) is 1.78. The highest BCUT2D eigenvalue weighted by Gasteiger charge is 2.17. The Hall–Kier alpha value is -3.28. The monoisotopic (exact) mass is 303 g/mol. The fourth-order valence-corrected chi connectivity index (χ4v) is 2.58. The average molecular weight is 303 g/mol. The summed E-state index contributed by atoms with van der Waals surface area (Å²) in [4.78, 5) is 24.2. The van der Waals surface area contributed by atoms with Crippen LogP contribution < -0.4 is 5.56 Å². The van der Waals surface area contributed by atoms with E-state index in [0.29, 0.717) is 28.2 Å². The van der Waals surface area contributed by atoms with E-state index in [9.17, 15) is 4.79 Å². The molecule has 0 aliphatic carbocycles. The number of nitrogens with one attached hydrogen (secondary N) is 1. The normalized spacial score (nSPS) is 11.0. The summed E-state index contributed by atoms with van der Waals surface area (Å²) in [6.45, 7) is 0. The number of fused-ring (bicyclic) bond motifs is 1. The largest absolute Gasteiger partial charge is 0.304 e. The number of benzene rings is 1. The van der Waals surface area contributed by atoms with Crippen LogP contribution in [0, 0.1) is 0 Å². The van der Waals surface area contributed by atoms with Gasteiger partial charge < -0.3 is 4.98 Å². The van der Waals surface area contributed by atoms with E-state index in [1.165, 1.54) is 0 Å². The van der Waals surface area contributed by atoms with Crippen LogP contribution in [0.2, 0.25) is 0 Å². The lowest BCUT2D eigenvalue weighted by Crippen LogP contribution is -2.10. The predicted octanol–water partition coefficient (Wildman–Crippen LogP) is 2.39. The van der Waals surface area contributed by atoms with Crippen molar-refractivity contribution in [1.82, 2.24) is 24.7 Å². The highest BCUT2D eigenvalue weighted by Crippen LogP contribution is 2.24. The summed E-state index contributed by atoms with van der Waals surface area (Å²) < 4.78 is 1.62. The van der Waals surface area contributed by atoms with Gasteiger partial charge in [-0.15, -0.1) is 0 Å². The van der Waals surface area contributed by atoms with E-state index in [2.05, 4.69) is 20.1 Å². The Labute approximate surface area is 131 Å². The number of H-pyrrole nitrogens is 1. The SMILES string of the molecule is Cn1nc(-c2ccccc2)c2c(=O)[nH]c(-c3ccccn3)nc21. The summed E-state index contributed by atoms with van der Waals surface area (Å²) >= 11 is 0. The van der Waals surface area contributed by atoms with Gasteiger partial charge in [-0.2, -0.15) is 5.10 Å². The molecule has 3 heterocycles. The summed E-state index contributed by atoms with van der Waals surface area (Å²) in [6, 6.07) is 15.1. The topological polar surface area (TPSA) is 76.5 Å². The zero-order chi connectivity index (χ0) is 15.8. The molecule has 0 saturated heterocycles. The summed E-state index contributed by atoms with van der Waals surface area (Å²) in [5.74, 6) is 0.436. The molecule has 1 aromatic carbocycles. The number of rotatable bonds is 2. The van der Waals surface area contributed by atoms with Gasteiger partial charge in [-0.25, -0.2) is 9.67 Å². The predicted molar refractivity (Wildman–Crippen MR) is 87.8 cm³/mol. The number of hydrogen-bond donors (Lipinski definition) is 1. The van der Waals surface area contributed by atoms with Gasteiger partial charge in [0.05, 0.1) is 0 Å². The molecule has 0 fully saturated rings. The Kier molecular flexibility index (Phi) is 3.01. The molecule has 0 radical (unpaired) electrons. The Morgan fingerprint density at radius 2 is 1.83 bits per heavy atom. The molecule has 23 heavy (non-hydrogen) atoms. The van der Waals surface area contributed by atoms with Crippen LogP contribution in [-0.4, -0.2) is 24.7 Å². The molecule has 0 spiro atoms. The van der Waals surface area contributed by atoms with Gasteiger partial charge in [-0.05, 0) is 12.1 Å². The lowest BCUT2D eigenvalue weighted by atomic mass is 10.1. The summed E-state index contributed by atoms with van der Waals surface area (Å²) in [5, 5.41) is 4.95. The first-order chi connectivity index (χ1) is 11.2. The Bertz CT molecular complexity index is 1040. The van der Waals surface area contributed by atoms with Gasteiger partial charge in [0.15, 0.2) is 11.5 Å². The van der Waals surface area contributed by atoms with Crippen LogP contribution >= 0.6 is 0 Å². The van der Waals surface area contributed by atoms with Gasteiger partial charge in [-0.3, -0.25) is 9.78 Å². The first kappa shape index (κ1) is 13.4. The molecule has 0 aliphatic heterocycles. The third-order valence-electron chi connectivity index (χ3n) is 3.65. The fourth-order valence-electron chi connectivity index (χ4n) is 2.58. The van der Waals surface area contributed by atoms with Crippen molar-refractivity contribution in [3.63, 3.8) is 0 Å². The van der Waals surface area contributed by atoms with E-state index < -0.39 is 0 Å². The third-order valence-corrected chi connectivity index (χ3v) is 3.65. The zero-order valence-electron chi connectivity index (χ0n) is 12.4. The Morgan fingerprint density at radius 3 is 2.57 bits per heavy atom. The first-order valence-electron chi connectivity index (χ1n) is 7.18. The minimum absolute atomic E-state index is 0.220. The van der Waals surface area contributed by atoms with Crippen LogP contribution in [-0.2, 0) is 7.05 Å². The molecule has 0 amide bonds. The molecule has 0 atom stereocenters. The van der Waals surface area contributed by atoms with Crippen molar-refractivity contribution >= 4 is 11.0 Å². The minimum atomic E-state index is -0.220. The molecular formula is C17H13N5O. The zero-order valence-corrected chi connectivity index (χ0v) is 12.4. The van der Waals surface area contributed by atoms with Gasteiger partial charge >= 0.3 is 0 Å². The maximum Gasteiger partial charge on any atom is 0.263 e. The highest BCUT2D eigenvalue weighted by molar-refractivity contribution is 5.91. The molecule has 112 valence electrons. The number of hydrogen-bond acceptors (Lipinski definition) is 4. The van der Waals surface area contributed by atoms with Crippen molar-refractivity contribution in [2.45, 2.75) is 0 Å². The van der Waals surface area contributed by atoms with Gasteiger partial charge in [0.25, 0.3) is 5.56 Å². The van der Waals surface area contributed by atoms with E-state index in [1.807, 2.05) is 42.5 Å². The first-order valence-corrected chi connectivity index (χ1v) is 7.18. The molecule has 0 bridgehead atoms. The molecule has 6 heteroatoms. The van der Waals surface area contributed by atoms with E-state index in [0.717, 1.165) is 5.56 Å².